The summed E-state index contributed by atoms with van der Waals surface area (Å²) in [5.41, 5.74) is 3.13. The first-order chi connectivity index (χ1) is 18.9. The molecule has 3 atom stereocenters. The van der Waals surface area contributed by atoms with Crippen molar-refractivity contribution in [2.75, 3.05) is 11.4 Å². The predicted molar refractivity (Wildman–Crippen MR) is 144 cm³/mol. The van der Waals surface area contributed by atoms with Gasteiger partial charge >= 0.3 is 5.97 Å². The molecule has 39 heavy (non-hydrogen) atoms. The summed E-state index contributed by atoms with van der Waals surface area (Å²) in [6.45, 7) is -0.426. The maximum atomic E-state index is 13.0. The van der Waals surface area contributed by atoms with E-state index >= 15 is 0 Å². The number of fused-ring (bicyclic) bond motifs is 1. The van der Waals surface area contributed by atoms with Crippen molar-refractivity contribution in [2.45, 2.75) is 31.3 Å². The fraction of sp³-hybridized carbons (Fsp3) is 0.207. The summed E-state index contributed by atoms with van der Waals surface area (Å²) in [4.78, 5) is 54.4. The molecular weight excluding hydrogens is 500 g/mol. The molecule has 10 nitrogen and oxygen atoms in total. The third-order valence-electron chi connectivity index (χ3n) is 6.12. The quantitative estimate of drug-likeness (QED) is 0.292. The Morgan fingerprint density at radius 1 is 0.923 bits per heavy atom. The van der Waals surface area contributed by atoms with Crippen LogP contribution in [0.15, 0.2) is 89.9 Å². The number of aliphatic carboxylic acids is 1. The molecule has 0 aliphatic carbocycles. The molecule has 0 fully saturated rings. The molecule has 200 valence electrons. The molecule has 1 aliphatic heterocycles. The van der Waals surface area contributed by atoms with Gasteiger partial charge in [0.05, 0.1) is 31.1 Å². The second-order valence-corrected chi connectivity index (χ2v) is 8.99. The number of aliphatic hydroxyl groups is 1. The smallest absolute Gasteiger partial charge is 0.305 e. The highest BCUT2D eigenvalue weighted by Crippen LogP contribution is 2.29. The number of carbonyl (C=O) groups excluding carboxylic acids is 3. The van der Waals surface area contributed by atoms with Gasteiger partial charge in [-0.3, -0.25) is 19.4 Å². The number of benzene rings is 3. The van der Waals surface area contributed by atoms with E-state index in [2.05, 4.69) is 10.6 Å². The molecule has 0 saturated carbocycles. The molecule has 0 spiro atoms. The number of carboxylic acids is 1. The highest BCUT2D eigenvalue weighted by atomic mass is 16.4. The van der Waals surface area contributed by atoms with Gasteiger partial charge in [-0.25, -0.2) is 0 Å². The molecular formula is C29H28N4O6. The number of anilines is 1. The second-order valence-electron chi connectivity index (χ2n) is 8.99. The minimum absolute atomic E-state index is 0.0594. The zero-order valence-electron chi connectivity index (χ0n) is 20.9. The molecule has 3 aromatic carbocycles. The lowest BCUT2D eigenvalue weighted by Crippen LogP contribution is -2.54. The van der Waals surface area contributed by atoms with Crippen molar-refractivity contribution in [1.82, 2.24) is 10.6 Å². The summed E-state index contributed by atoms with van der Waals surface area (Å²) >= 11 is 0. The zero-order valence-corrected chi connectivity index (χ0v) is 20.9. The Morgan fingerprint density at radius 2 is 1.56 bits per heavy atom. The first-order valence-electron chi connectivity index (χ1n) is 12.3. The van der Waals surface area contributed by atoms with E-state index in [0.29, 0.717) is 23.2 Å². The SMILES string of the molecule is O=C[C@H](CC(=O)O)NC(=O)CN1c2ccccc2C(c2ccccc2)=NC(NC(=O)Cc2ccccc2)C1O. The number of carbonyl (C=O) groups is 4. The lowest BCUT2D eigenvalue weighted by molar-refractivity contribution is -0.138. The Labute approximate surface area is 225 Å². The molecule has 2 amide bonds. The van der Waals surface area contributed by atoms with Gasteiger partial charge in [-0.05, 0) is 11.6 Å². The van der Waals surface area contributed by atoms with Crippen LogP contribution in [0, 0.1) is 0 Å². The van der Waals surface area contributed by atoms with Gasteiger partial charge in [-0.2, -0.15) is 0 Å². The molecule has 0 aromatic heterocycles. The van der Waals surface area contributed by atoms with E-state index in [1.54, 1.807) is 24.3 Å². The van der Waals surface area contributed by atoms with Crippen LogP contribution in [-0.4, -0.2) is 65.0 Å². The number of carboxylic acid groups (broad SMARTS) is 1. The Kier molecular flexibility index (Phi) is 8.80. The third kappa shape index (κ3) is 6.93. The Morgan fingerprint density at radius 3 is 2.23 bits per heavy atom. The Bertz CT molecular complexity index is 1360. The monoisotopic (exact) mass is 528 g/mol. The summed E-state index contributed by atoms with van der Waals surface area (Å²) in [5.74, 6) is -2.30. The van der Waals surface area contributed by atoms with E-state index in [1.807, 2.05) is 60.7 Å². The fourth-order valence-corrected chi connectivity index (χ4v) is 4.35. The van der Waals surface area contributed by atoms with Gasteiger partial charge in [0.1, 0.15) is 6.29 Å². The van der Waals surface area contributed by atoms with E-state index in [-0.39, 0.29) is 12.3 Å². The molecule has 0 bridgehead atoms. The number of para-hydroxylation sites is 1. The van der Waals surface area contributed by atoms with Gasteiger partial charge in [0.2, 0.25) is 11.8 Å². The molecule has 4 N–H and O–H groups in total. The van der Waals surface area contributed by atoms with Crippen LogP contribution >= 0.6 is 0 Å². The van der Waals surface area contributed by atoms with Crippen molar-refractivity contribution in [2.24, 2.45) is 4.99 Å². The molecule has 10 heteroatoms. The molecule has 2 unspecified atom stereocenters. The van der Waals surface area contributed by atoms with Gasteiger partial charge in [0, 0.05) is 16.8 Å². The summed E-state index contributed by atoms with van der Waals surface area (Å²) in [6.07, 6.45) is -2.79. The molecule has 0 saturated heterocycles. The van der Waals surface area contributed by atoms with Crippen molar-refractivity contribution in [1.29, 1.82) is 0 Å². The van der Waals surface area contributed by atoms with Gasteiger partial charge in [0.15, 0.2) is 12.4 Å². The molecule has 1 heterocycles. The maximum Gasteiger partial charge on any atom is 0.305 e. The number of nitrogens with zero attached hydrogens (tertiary/aromatic N) is 2. The molecule has 4 rings (SSSR count). The number of aliphatic hydroxyl groups excluding tert-OH is 1. The van der Waals surface area contributed by atoms with Crippen molar-refractivity contribution in [3.05, 3.63) is 102 Å². The molecule has 1 aliphatic rings. The van der Waals surface area contributed by atoms with Crippen molar-refractivity contribution in [3.8, 4) is 0 Å². The van der Waals surface area contributed by atoms with Crippen LogP contribution in [0.1, 0.15) is 23.1 Å². The summed E-state index contributed by atoms with van der Waals surface area (Å²) in [7, 11) is 0. The normalized spacial score (nSPS) is 17.2. The lowest BCUT2D eigenvalue weighted by Gasteiger charge is -2.32. The van der Waals surface area contributed by atoms with Gasteiger partial charge in [0.25, 0.3) is 0 Å². The second kappa shape index (κ2) is 12.6. The summed E-state index contributed by atoms with van der Waals surface area (Å²) < 4.78 is 0. The number of rotatable bonds is 10. The number of hydrogen-bond acceptors (Lipinski definition) is 7. The average molecular weight is 529 g/mol. The van der Waals surface area contributed by atoms with E-state index in [9.17, 15) is 24.3 Å². The van der Waals surface area contributed by atoms with Crippen LogP contribution in [0.4, 0.5) is 5.69 Å². The van der Waals surface area contributed by atoms with E-state index in [4.69, 9.17) is 10.1 Å². The third-order valence-corrected chi connectivity index (χ3v) is 6.12. The average Bonchev–Trinajstić information content (AvgIpc) is 3.04. The minimum Gasteiger partial charge on any atom is -0.481 e. The van der Waals surface area contributed by atoms with E-state index < -0.39 is 43.3 Å². The zero-order chi connectivity index (χ0) is 27.8. The van der Waals surface area contributed by atoms with Crippen LogP contribution in [0.5, 0.6) is 0 Å². The lowest BCUT2D eigenvalue weighted by atomic mass is 10.0. The Balaban J connectivity index is 1.69. The summed E-state index contributed by atoms with van der Waals surface area (Å²) in [6, 6.07) is 24.2. The highest BCUT2D eigenvalue weighted by Gasteiger charge is 2.34. The fourth-order valence-electron chi connectivity index (χ4n) is 4.35. The highest BCUT2D eigenvalue weighted by molar-refractivity contribution is 6.16. The van der Waals surface area contributed by atoms with Gasteiger partial charge < -0.3 is 30.5 Å². The van der Waals surface area contributed by atoms with Crippen LogP contribution in [0.2, 0.25) is 0 Å². The largest absolute Gasteiger partial charge is 0.481 e. The number of hydrogen-bond donors (Lipinski definition) is 4. The predicted octanol–water partition coefficient (Wildman–Crippen LogP) is 1.51. The molecule has 3 aromatic rings. The van der Waals surface area contributed by atoms with E-state index in [1.165, 1.54) is 4.90 Å². The Hall–Kier alpha value is -4.83. The van der Waals surface area contributed by atoms with Gasteiger partial charge in [-0.15, -0.1) is 0 Å². The first kappa shape index (κ1) is 27.2. The number of amides is 2. The van der Waals surface area contributed by atoms with Crippen molar-refractivity contribution >= 4 is 35.5 Å². The number of benzodiazepines with no additional fused rings is 1. The van der Waals surface area contributed by atoms with Crippen LogP contribution in [0.25, 0.3) is 0 Å². The minimum atomic E-state index is -1.47. The maximum absolute atomic E-state index is 13.0. The number of aldehydes is 1. The van der Waals surface area contributed by atoms with E-state index in [0.717, 1.165) is 11.1 Å². The van der Waals surface area contributed by atoms with Crippen molar-refractivity contribution in [3.63, 3.8) is 0 Å². The van der Waals surface area contributed by atoms with Crippen LogP contribution in [-0.2, 0) is 25.6 Å². The number of aliphatic imine (C=N–C) groups is 1. The molecule has 0 radical (unpaired) electrons. The number of nitrogens with one attached hydrogen (secondary N) is 2. The van der Waals surface area contributed by atoms with Crippen LogP contribution in [0.3, 0.4) is 0 Å². The standard InChI is InChI=1S/C29H28N4O6/c34-18-21(16-26(37)38)30-25(36)17-33-23-14-8-7-13-22(23)27(20-11-5-2-6-12-20)32-28(29(33)39)31-24(35)15-19-9-3-1-4-10-19/h1-14,18,21,28-29,39H,15-17H2,(H,30,36)(H,31,35)(H,37,38)/t21-,28?,29?/m0/s1. The summed E-state index contributed by atoms with van der Waals surface area (Å²) in [5, 5.41) is 25.7. The van der Waals surface area contributed by atoms with Gasteiger partial charge in [-0.1, -0.05) is 78.9 Å². The topological polar surface area (TPSA) is 148 Å². The first-order valence-corrected chi connectivity index (χ1v) is 12.3. The van der Waals surface area contributed by atoms with Crippen molar-refractivity contribution < 1.29 is 29.4 Å². The van der Waals surface area contributed by atoms with Crippen LogP contribution < -0.4 is 15.5 Å².